The first-order chi connectivity index (χ1) is 9.62. The van der Waals surface area contributed by atoms with Crippen LogP contribution in [0.4, 0.5) is 17.3 Å². The molecule has 2 rings (SSSR count). The summed E-state index contributed by atoms with van der Waals surface area (Å²) in [6, 6.07) is 7.73. The van der Waals surface area contributed by atoms with E-state index in [1.807, 2.05) is 31.3 Å². The highest BCUT2D eigenvalue weighted by Gasteiger charge is 2.06. The lowest BCUT2D eigenvalue weighted by molar-refractivity contribution is 0.838. The van der Waals surface area contributed by atoms with E-state index in [4.69, 9.17) is 11.6 Å². The smallest absolute Gasteiger partial charge is 0.136 e. The third-order valence-electron chi connectivity index (χ3n) is 2.70. The summed E-state index contributed by atoms with van der Waals surface area (Å²) in [6.07, 6.45) is 1.86. The number of hydrogen-bond acceptors (Lipinski definition) is 4. The van der Waals surface area contributed by atoms with Gasteiger partial charge in [0.25, 0.3) is 0 Å². The Morgan fingerprint density at radius 2 is 1.95 bits per heavy atom. The zero-order valence-corrected chi connectivity index (χ0v) is 14.3. The number of benzene rings is 1. The minimum absolute atomic E-state index is 0.679. The normalized spacial score (nSPS) is 10.4. The number of anilines is 3. The molecule has 4 nitrogen and oxygen atoms in total. The third kappa shape index (κ3) is 3.96. The molecule has 0 unspecified atom stereocenters. The van der Waals surface area contributed by atoms with Crippen LogP contribution in [0.15, 0.2) is 24.3 Å². The van der Waals surface area contributed by atoms with E-state index in [2.05, 4.69) is 50.1 Å². The van der Waals surface area contributed by atoms with Crippen molar-refractivity contribution in [1.82, 2.24) is 9.97 Å². The molecule has 20 heavy (non-hydrogen) atoms. The van der Waals surface area contributed by atoms with Gasteiger partial charge in [-0.25, -0.2) is 9.97 Å². The zero-order chi connectivity index (χ0) is 14.5. The molecule has 0 aliphatic carbocycles. The summed E-state index contributed by atoms with van der Waals surface area (Å²) in [4.78, 5) is 8.93. The van der Waals surface area contributed by atoms with Gasteiger partial charge in [0.2, 0.25) is 0 Å². The summed E-state index contributed by atoms with van der Waals surface area (Å²) >= 11 is 8.46. The SMILES string of the molecule is CCCc1nc(NC)cc(Nc2ccc(I)cc2Cl)n1. The van der Waals surface area contributed by atoms with Crippen LogP contribution >= 0.6 is 34.2 Å². The van der Waals surface area contributed by atoms with E-state index in [0.29, 0.717) is 5.02 Å². The Hall–Kier alpha value is -1.08. The Balaban J connectivity index is 2.29. The molecule has 0 atom stereocenters. The highest BCUT2D eigenvalue weighted by Crippen LogP contribution is 2.27. The summed E-state index contributed by atoms with van der Waals surface area (Å²) in [5.74, 6) is 2.37. The van der Waals surface area contributed by atoms with Crippen molar-refractivity contribution in [3.63, 3.8) is 0 Å². The van der Waals surface area contributed by atoms with Crippen LogP contribution in [0.3, 0.4) is 0 Å². The van der Waals surface area contributed by atoms with Crippen molar-refractivity contribution >= 4 is 51.5 Å². The summed E-state index contributed by atoms with van der Waals surface area (Å²) in [5.41, 5.74) is 0.843. The Morgan fingerprint density at radius 1 is 1.20 bits per heavy atom. The van der Waals surface area contributed by atoms with Crippen molar-refractivity contribution in [3.05, 3.63) is 38.7 Å². The molecule has 0 fully saturated rings. The van der Waals surface area contributed by atoms with Crippen molar-refractivity contribution in [2.45, 2.75) is 19.8 Å². The van der Waals surface area contributed by atoms with Crippen LogP contribution in [-0.2, 0) is 6.42 Å². The highest BCUT2D eigenvalue weighted by atomic mass is 127. The van der Waals surface area contributed by atoms with Gasteiger partial charge in [0.1, 0.15) is 17.5 Å². The molecule has 0 aliphatic heterocycles. The standard InChI is InChI=1S/C14H16ClIN4/c1-3-4-12-19-13(17-2)8-14(20-12)18-11-6-5-9(16)7-10(11)15/h5-8H,3-4H2,1-2H3,(H2,17,18,19,20). The molecule has 2 N–H and O–H groups in total. The molecule has 2 aromatic rings. The Kier molecular flexibility index (Phi) is 5.42. The minimum Gasteiger partial charge on any atom is -0.373 e. The van der Waals surface area contributed by atoms with E-state index in [1.165, 1.54) is 0 Å². The average molecular weight is 403 g/mol. The maximum absolute atomic E-state index is 6.23. The largest absolute Gasteiger partial charge is 0.373 e. The molecule has 0 saturated heterocycles. The lowest BCUT2D eigenvalue weighted by Gasteiger charge is -2.11. The van der Waals surface area contributed by atoms with Crippen LogP contribution in [0.25, 0.3) is 0 Å². The van der Waals surface area contributed by atoms with E-state index in [1.54, 1.807) is 0 Å². The lowest BCUT2D eigenvalue weighted by atomic mass is 10.3. The molecule has 1 aromatic carbocycles. The quantitative estimate of drug-likeness (QED) is 0.724. The number of halogens is 2. The predicted molar refractivity (Wildman–Crippen MR) is 93.0 cm³/mol. The van der Waals surface area contributed by atoms with Crippen LogP contribution < -0.4 is 10.6 Å². The van der Waals surface area contributed by atoms with Gasteiger partial charge in [0, 0.05) is 23.1 Å². The number of aromatic nitrogens is 2. The molecule has 1 heterocycles. The van der Waals surface area contributed by atoms with Gasteiger partial charge in [-0.05, 0) is 47.2 Å². The van der Waals surface area contributed by atoms with Crippen molar-refractivity contribution in [2.75, 3.05) is 17.7 Å². The van der Waals surface area contributed by atoms with Gasteiger partial charge >= 0.3 is 0 Å². The molecule has 0 amide bonds. The zero-order valence-electron chi connectivity index (χ0n) is 11.4. The van der Waals surface area contributed by atoms with E-state index >= 15 is 0 Å². The molecule has 106 valence electrons. The third-order valence-corrected chi connectivity index (χ3v) is 3.68. The van der Waals surface area contributed by atoms with Gasteiger partial charge in [-0.15, -0.1) is 0 Å². The van der Waals surface area contributed by atoms with Gasteiger partial charge in [-0.3, -0.25) is 0 Å². The Bertz CT molecular complexity index is 604. The first kappa shape index (κ1) is 15.3. The highest BCUT2D eigenvalue weighted by molar-refractivity contribution is 14.1. The first-order valence-corrected chi connectivity index (χ1v) is 7.86. The van der Waals surface area contributed by atoms with E-state index in [9.17, 15) is 0 Å². The summed E-state index contributed by atoms with van der Waals surface area (Å²) in [7, 11) is 1.85. The summed E-state index contributed by atoms with van der Waals surface area (Å²) < 4.78 is 1.10. The molecular formula is C14H16ClIN4. The van der Waals surface area contributed by atoms with Crippen LogP contribution in [-0.4, -0.2) is 17.0 Å². The molecule has 0 bridgehead atoms. The van der Waals surface area contributed by atoms with Crippen molar-refractivity contribution in [1.29, 1.82) is 0 Å². The molecule has 0 spiro atoms. The van der Waals surface area contributed by atoms with Gasteiger partial charge in [0.15, 0.2) is 0 Å². The van der Waals surface area contributed by atoms with Crippen molar-refractivity contribution in [3.8, 4) is 0 Å². The van der Waals surface area contributed by atoms with Crippen molar-refractivity contribution in [2.24, 2.45) is 0 Å². The first-order valence-electron chi connectivity index (χ1n) is 6.40. The fourth-order valence-electron chi connectivity index (χ4n) is 1.75. The maximum Gasteiger partial charge on any atom is 0.136 e. The van der Waals surface area contributed by atoms with Crippen molar-refractivity contribution < 1.29 is 0 Å². The van der Waals surface area contributed by atoms with Crippen LogP contribution in [0.1, 0.15) is 19.2 Å². The fourth-order valence-corrected chi connectivity index (χ4v) is 2.66. The van der Waals surface area contributed by atoms with E-state index in [0.717, 1.165) is 39.6 Å². The number of hydrogen-bond donors (Lipinski definition) is 2. The lowest BCUT2D eigenvalue weighted by Crippen LogP contribution is -2.04. The van der Waals surface area contributed by atoms with Crippen LogP contribution in [0.2, 0.25) is 5.02 Å². The van der Waals surface area contributed by atoms with Crippen LogP contribution in [0.5, 0.6) is 0 Å². The predicted octanol–water partition coefficient (Wildman–Crippen LogP) is 4.47. The number of rotatable bonds is 5. The van der Waals surface area contributed by atoms with Gasteiger partial charge in [0.05, 0.1) is 10.7 Å². The fraction of sp³-hybridized carbons (Fsp3) is 0.286. The summed E-state index contributed by atoms with van der Waals surface area (Å²) in [6.45, 7) is 2.11. The average Bonchev–Trinajstić information content (AvgIpc) is 2.42. The monoisotopic (exact) mass is 402 g/mol. The molecule has 0 aliphatic rings. The van der Waals surface area contributed by atoms with Gasteiger partial charge in [-0.1, -0.05) is 18.5 Å². The molecule has 0 saturated carbocycles. The second kappa shape index (κ2) is 7.08. The Labute approximate surface area is 137 Å². The van der Waals surface area contributed by atoms with E-state index in [-0.39, 0.29) is 0 Å². The van der Waals surface area contributed by atoms with E-state index < -0.39 is 0 Å². The topological polar surface area (TPSA) is 49.8 Å². The molecule has 0 radical (unpaired) electrons. The second-order valence-electron chi connectivity index (χ2n) is 4.30. The number of nitrogens with zero attached hydrogens (tertiary/aromatic N) is 2. The Morgan fingerprint density at radius 3 is 2.60 bits per heavy atom. The molecule has 6 heteroatoms. The molecule has 1 aromatic heterocycles. The number of aryl methyl sites for hydroxylation is 1. The summed E-state index contributed by atoms with van der Waals surface area (Å²) in [5, 5.41) is 6.98. The second-order valence-corrected chi connectivity index (χ2v) is 5.96. The minimum atomic E-state index is 0.679. The van der Waals surface area contributed by atoms with Gasteiger partial charge < -0.3 is 10.6 Å². The van der Waals surface area contributed by atoms with Crippen LogP contribution in [0, 0.1) is 3.57 Å². The van der Waals surface area contributed by atoms with Gasteiger partial charge in [-0.2, -0.15) is 0 Å². The number of nitrogens with one attached hydrogen (secondary N) is 2. The maximum atomic E-state index is 6.23. The molecular weight excluding hydrogens is 387 g/mol.